The summed E-state index contributed by atoms with van der Waals surface area (Å²) in [6.07, 6.45) is 2.52. The molecule has 4 nitrogen and oxygen atoms in total. The van der Waals surface area contributed by atoms with E-state index in [2.05, 4.69) is 43.0 Å². The predicted octanol–water partition coefficient (Wildman–Crippen LogP) is 2.31. The molecule has 2 rings (SSSR count). The molecule has 0 bridgehead atoms. The number of hydrogen-bond acceptors (Lipinski definition) is 3. The SMILES string of the molecule is CC(C)(C)c1ccc(C(O)Cn2cncn2)cc1. The van der Waals surface area contributed by atoms with Gasteiger partial charge in [0.25, 0.3) is 0 Å². The van der Waals surface area contributed by atoms with E-state index >= 15 is 0 Å². The third-order valence-electron chi connectivity index (χ3n) is 2.99. The molecule has 1 unspecified atom stereocenters. The van der Waals surface area contributed by atoms with E-state index in [-0.39, 0.29) is 5.41 Å². The van der Waals surface area contributed by atoms with E-state index < -0.39 is 6.10 Å². The van der Waals surface area contributed by atoms with E-state index in [1.165, 1.54) is 11.9 Å². The lowest BCUT2D eigenvalue weighted by Crippen LogP contribution is -2.12. The molecule has 1 heterocycles. The van der Waals surface area contributed by atoms with Gasteiger partial charge in [0.2, 0.25) is 0 Å². The minimum absolute atomic E-state index is 0.134. The average molecular weight is 245 g/mol. The van der Waals surface area contributed by atoms with Crippen molar-refractivity contribution in [3.05, 3.63) is 48.0 Å². The lowest BCUT2D eigenvalue weighted by Gasteiger charge is -2.20. The van der Waals surface area contributed by atoms with Crippen molar-refractivity contribution in [3.8, 4) is 0 Å². The fourth-order valence-corrected chi connectivity index (χ4v) is 1.81. The van der Waals surface area contributed by atoms with Gasteiger partial charge in [-0.2, -0.15) is 5.10 Å². The molecule has 96 valence electrons. The van der Waals surface area contributed by atoms with E-state index in [0.29, 0.717) is 6.54 Å². The van der Waals surface area contributed by atoms with Gasteiger partial charge in [-0.25, -0.2) is 4.98 Å². The van der Waals surface area contributed by atoms with Crippen molar-refractivity contribution in [1.29, 1.82) is 0 Å². The fraction of sp³-hybridized carbons (Fsp3) is 0.429. The van der Waals surface area contributed by atoms with Gasteiger partial charge in [0, 0.05) is 0 Å². The highest BCUT2D eigenvalue weighted by molar-refractivity contribution is 5.28. The number of rotatable bonds is 3. The van der Waals surface area contributed by atoms with Crippen LogP contribution in [-0.2, 0) is 12.0 Å². The molecule has 0 aliphatic heterocycles. The van der Waals surface area contributed by atoms with Gasteiger partial charge in [-0.05, 0) is 16.5 Å². The van der Waals surface area contributed by atoms with Crippen LogP contribution < -0.4 is 0 Å². The van der Waals surface area contributed by atoms with E-state index in [9.17, 15) is 5.11 Å². The molecular weight excluding hydrogens is 226 g/mol. The van der Waals surface area contributed by atoms with Crippen LogP contribution in [0.25, 0.3) is 0 Å². The van der Waals surface area contributed by atoms with Crippen LogP contribution in [-0.4, -0.2) is 19.9 Å². The second-order valence-corrected chi connectivity index (χ2v) is 5.51. The summed E-state index contributed by atoms with van der Waals surface area (Å²) >= 11 is 0. The van der Waals surface area contributed by atoms with Crippen LogP contribution in [0.15, 0.2) is 36.9 Å². The van der Waals surface area contributed by atoms with Crippen molar-refractivity contribution in [3.63, 3.8) is 0 Å². The Kier molecular flexibility index (Phi) is 3.48. The Bertz CT molecular complexity index is 483. The summed E-state index contributed by atoms with van der Waals surface area (Å²) in [5.74, 6) is 0. The number of aliphatic hydroxyl groups excluding tert-OH is 1. The van der Waals surface area contributed by atoms with Gasteiger partial charge in [0.15, 0.2) is 0 Å². The van der Waals surface area contributed by atoms with Crippen LogP contribution in [0, 0.1) is 0 Å². The van der Waals surface area contributed by atoms with Crippen molar-refractivity contribution in [2.24, 2.45) is 0 Å². The normalized spacial score (nSPS) is 13.6. The second kappa shape index (κ2) is 4.90. The summed E-state index contributed by atoms with van der Waals surface area (Å²) in [5.41, 5.74) is 2.30. The largest absolute Gasteiger partial charge is 0.386 e. The van der Waals surface area contributed by atoms with Crippen molar-refractivity contribution >= 4 is 0 Å². The van der Waals surface area contributed by atoms with Crippen LogP contribution in [0.1, 0.15) is 38.0 Å². The predicted molar refractivity (Wildman–Crippen MR) is 70.1 cm³/mol. The maximum Gasteiger partial charge on any atom is 0.137 e. The first-order chi connectivity index (χ1) is 8.47. The van der Waals surface area contributed by atoms with Crippen molar-refractivity contribution in [2.75, 3.05) is 0 Å². The molecule has 0 saturated heterocycles. The summed E-state index contributed by atoms with van der Waals surface area (Å²) in [4.78, 5) is 3.86. The minimum Gasteiger partial charge on any atom is -0.386 e. The lowest BCUT2D eigenvalue weighted by atomic mass is 9.86. The lowest BCUT2D eigenvalue weighted by molar-refractivity contribution is 0.151. The first kappa shape index (κ1) is 12.8. The van der Waals surface area contributed by atoms with Crippen molar-refractivity contribution < 1.29 is 5.11 Å². The smallest absolute Gasteiger partial charge is 0.137 e. The molecule has 0 spiro atoms. The van der Waals surface area contributed by atoms with Crippen LogP contribution >= 0.6 is 0 Å². The molecule has 1 atom stereocenters. The minimum atomic E-state index is -0.555. The molecule has 0 saturated carbocycles. The van der Waals surface area contributed by atoms with Crippen LogP contribution in [0.4, 0.5) is 0 Å². The summed E-state index contributed by atoms with van der Waals surface area (Å²) in [6.45, 7) is 6.95. The highest BCUT2D eigenvalue weighted by Crippen LogP contribution is 2.24. The molecule has 0 aliphatic rings. The van der Waals surface area contributed by atoms with Crippen molar-refractivity contribution in [1.82, 2.24) is 14.8 Å². The number of benzene rings is 1. The molecule has 0 radical (unpaired) electrons. The van der Waals surface area contributed by atoms with E-state index in [0.717, 1.165) is 5.56 Å². The molecule has 0 fully saturated rings. The third-order valence-corrected chi connectivity index (χ3v) is 2.99. The third kappa shape index (κ3) is 2.96. The van der Waals surface area contributed by atoms with Gasteiger partial charge >= 0.3 is 0 Å². The Labute approximate surface area is 107 Å². The van der Waals surface area contributed by atoms with E-state index in [1.54, 1.807) is 11.0 Å². The van der Waals surface area contributed by atoms with E-state index in [4.69, 9.17) is 0 Å². The Morgan fingerprint density at radius 1 is 1.22 bits per heavy atom. The molecule has 4 heteroatoms. The second-order valence-electron chi connectivity index (χ2n) is 5.51. The topological polar surface area (TPSA) is 50.9 Å². The van der Waals surface area contributed by atoms with Gasteiger partial charge in [0.1, 0.15) is 12.7 Å². The Morgan fingerprint density at radius 3 is 2.39 bits per heavy atom. The highest BCUT2D eigenvalue weighted by atomic mass is 16.3. The molecule has 18 heavy (non-hydrogen) atoms. The zero-order chi connectivity index (χ0) is 13.2. The Hall–Kier alpha value is -1.68. The molecule has 1 aromatic heterocycles. The number of nitrogens with zero attached hydrogens (tertiary/aromatic N) is 3. The summed E-state index contributed by atoms with van der Waals surface area (Å²) in [5, 5.41) is 14.1. The molecule has 1 aromatic carbocycles. The monoisotopic (exact) mass is 245 g/mol. The molecule has 0 amide bonds. The molecule has 2 aromatic rings. The quantitative estimate of drug-likeness (QED) is 0.902. The number of aliphatic hydroxyl groups is 1. The van der Waals surface area contributed by atoms with Gasteiger partial charge in [-0.15, -0.1) is 0 Å². The standard InChI is InChI=1S/C14H19N3O/c1-14(2,3)12-6-4-11(5-7-12)13(18)8-17-10-15-9-16-17/h4-7,9-10,13,18H,8H2,1-3H3. The summed E-state index contributed by atoms with van der Waals surface area (Å²) < 4.78 is 1.63. The number of aromatic nitrogens is 3. The average Bonchev–Trinajstić information content (AvgIpc) is 2.81. The number of hydrogen-bond donors (Lipinski definition) is 1. The van der Waals surface area contributed by atoms with Crippen LogP contribution in [0.3, 0.4) is 0 Å². The maximum atomic E-state index is 10.1. The van der Waals surface area contributed by atoms with Gasteiger partial charge in [0.05, 0.1) is 12.6 Å². The van der Waals surface area contributed by atoms with Gasteiger partial charge < -0.3 is 5.11 Å². The maximum absolute atomic E-state index is 10.1. The first-order valence-corrected chi connectivity index (χ1v) is 6.08. The molecular formula is C14H19N3O. The first-order valence-electron chi connectivity index (χ1n) is 6.08. The van der Waals surface area contributed by atoms with Crippen LogP contribution in [0.5, 0.6) is 0 Å². The van der Waals surface area contributed by atoms with Gasteiger partial charge in [-0.3, -0.25) is 4.68 Å². The van der Waals surface area contributed by atoms with E-state index in [1.807, 2.05) is 12.1 Å². The summed E-state index contributed by atoms with van der Waals surface area (Å²) in [6, 6.07) is 8.09. The van der Waals surface area contributed by atoms with Crippen LogP contribution in [0.2, 0.25) is 0 Å². The Balaban J connectivity index is 2.10. The zero-order valence-electron chi connectivity index (χ0n) is 11.0. The summed E-state index contributed by atoms with van der Waals surface area (Å²) in [7, 11) is 0. The van der Waals surface area contributed by atoms with Crippen molar-refractivity contribution in [2.45, 2.75) is 38.8 Å². The molecule has 0 aliphatic carbocycles. The Morgan fingerprint density at radius 2 is 1.89 bits per heavy atom. The fourth-order valence-electron chi connectivity index (χ4n) is 1.81. The highest BCUT2D eigenvalue weighted by Gasteiger charge is 2.14. The zero-order valence-corrected chi connectivity index (χ0v) is 11.0. The van der Waals surface area contributed by atoms with Gasteiger partial charge in [-0.1, -0.05) is 45.0 Å². The molecule has 1 N–H and O–H groups in total.